The molecule has 0 bridgehead atoms. The molecule has 16 nitrogen and oxygen atoms in total. The van der Waals surface area contributed by atoms with Crippen molar-refractivity contribution in [1.29, 1.82) is 0 Å². The van der Waals surface area contributed by atoms with E-state index in [4.69, 9.17) is 9.47 Å². The van der Waals surface area contributed by atoms with Crippen molar-refractivity contribution < 1.29 is 56.5 Å². The normalized spacial score (nSPS) is 20.0. The number of unbranched alkanes of at least 4 members (excludes halogenated alkanes) is 1. The average molecular weight is 972 g/mol. The number of nitrogens with zero attached hydrogens (tertiary/aromatic N) is 3. The third-order valence-corrected chi connectivity index (χ3v) is 13.5. The second-order valence-corrected chi connectivity index (χ2v) is 18.1. The molecule has 69 heavy (non-hydrogen) atoms. The Labute approximate surface area is 400 Å². The van der Waals surface area contributed by atoms with E-state index in [1.807, 2.05) is 18.7 Å². The van der Waals surface area contributed by atoms with Crippen molar-refractivity contribution >= 4 is 59.4 Å². The summed E-state index contributed by atoms with van der Waals surface area (Å²) in [6.45, 7) is 1.24. The van der Waals surface area contributed by atoms with E-state index >= 15 is 0 Å². The highest BCUT2D eigenvalue weighted by molar-refractivity contribution is 8.00. The highest BCUT2D eigenvalue weighted by Crippen LogP contribution is 2.35. The predicted molar refractivity (Wildman–Crippen MR) is 250 cm³/mol. The molecule has 5 atom stereocenters. The van der Waals surface area contributed by atoms with E-state index in [0.717, 1.165) is 35.6 Å². The number of ketones is 1. The number of aromatic nitrogens is 2. The number of piperidine rings is 1. The smallest absolute Gasteiger partial charge is 0.490 e. The van der Waals surface area contributed by atoms with Crippen molar-refractivity contribution in [2.45, 2.75) is 74.7 Å². The largest absolute Gasteiger partial charge is 0.495 e. The SMILES string of the molecule is COc1cc(/C=C2\CC(OC(=O)C(F)(F)F)CN([C@@H](CO)c3ccc(C(=O)c4ccc(/C=C/C(=O)NCCNC(=O)CCCC[C@@H]5SC[C@@H]6NC(=O)N[C@@H]65)cc4)cc3)C2=O)ccc1-n1cnc(C)c1. The van der Waals surface area contributed by atoms with Crippen molar-refractivity contribution in [3.8, 4) is 11.4 Å². The van der Waals surface area contributed by atoms with E-state index in [2.05, 4.69) is 26.3 Å². The molecule has 0 spiro atoms. The fourth-order valence-corrected chi connectivity index (χ4v) is 10.00. The Bertz CT molecular complexity index is 2600. The van der Waals surface area contributed by atoms with E-state index in [1.165, 1.54) is 43.5 Å². The van der Waals surface area contributed by atoms with E-state index in [9.17, 15) is 47.0 Å². The quantitative estimate of drug-likeness (QED) is 0.0271. The van der Waals surface area contributed by atoms with Crippen molar-refractivity contribution in [1.82, 2.24) is 35.7 Å². The van der Waals surface area contributed by atoms with Crippen molar-refractivity contribution in [3.05, 3.63) is 124 Å². The van der Waals surface area contributed by atoms with Gasteiger partial charge in [0.05, 0.1) is 56.1 Å². The van der Waals surface area contributed by atoms with Crippen LogP contribution in [-0.4, -0.2) is 124 Å². The predicted octanol–water partition coefficient (Wildman–Crippen LogP) is 5.22. The van der Waals surface area contributed by atoms with E-state index in [1.54, 1.807) is 65.6 Å². The van der Waals surface area contributed by atoms with Gasteiger partial charge in [0.15, 0.2) is 5.78 Å². The molecule has 0 radical (unpaired) electrons. The highest BCUT2D eigenvalue weighted by Gasteiger charge is 2.45. The molecule has 0 saturated carbocycles. The maximum Gasteiger partial charge on any atom is 0.490 e. The number of ether oxygens (including phenoxy) is 2. The Morgan fingerprint density at radius 3 is 2.36 bits per heavy atom. The number of rotatable bonds is 19. The molecule has 0 aliphatic carbocycles. The van der Waals surface area contributed by atoms with Gasteiger partial charge in [0.25, 0.3) is 5.91 Å². The molecule has 3 aliphatic heterocycles. The van der Waals surface area contributed by atoms with Crippen LogP contribution in [0.2, 0.25) is 0 Å². The standard InChI is InChI=1S/C49H52F3N7O9S/c1-29-24-58(28-55-29)38-17-9-31(22-40(38)67-2)21-35-23-36(68-47(65)49(50,51)52)25-59(46(35)64)39(26-60)32-13-15-34(16-14-32)45(63)33-11-7-30(8-12-33)10-18-43(62)54-20-19-53-42(61)6-4-3-5-41-44-37(27-69-41)56-48(66)57-44/h7-18,21-22,24,28,36-37,39,41,44,60H,3-6,19-20,23,25-27H2,1-2H3,(H,53,61)(H,54,62)(H2,56,57,66)/b18-10+,35-21+/t36?,37-,39-,41-,44-/m0/s1. The molecule has 20 heteroatoms. The lowest BCUT2D eigenvalue weighted by atomic mass is 9.94. The number of benzene rings is 3. The zero-order chi connectivity index (χ0) is 49.2. The van der Waals surface area contributed by atoms with Crippen LogP contribution in [0.5, 0.6) is 5.75 Å². The maximum atomic E-state index is 14.1. The fraction of sp³-hybridized carbons (Fsp3) is 0.367. The second-order valence-electron chi connectivity index (χ2n) is 16.8. The van der Waals surface area contributed by atoms with Gasteiger partial charge in [-0.1, -0.05) is 61.0 Å². The summed E-state index contributed by atoms with van der Waals surface area (Å²) in [7, 11) is 1.46. The minimum atomic E-state index is -5.28. The number of aryl methyl sites for hydroxylation is 1. The molecule has 1 aromatic heterocycles. The van der Waals surface area contributed by atoms with Crippen LogP contribution >= 0.6 is 11.8 Å². The number of urea groups is 1. The van der Waals surface area contributed by atoms with Gasteiger partial charge >= 0.3 is 18.2 Å². The van der Waals surface area contributed by atoms with Crippen molar-refractivity contribution in [3.63, 3.8) is 0 Å². The first kappa shape index (κ1) is 50.0. The number of carbonyl (C=O) groups is 6. The molecule has 3 aliphatic rings. The number of aliphatic hydroxyl groups is 1. The lowest BCUT2D eigenvalue weighted by molar-refractivity contribution is -0.206. The van der Waals surface area contributed by atoms with Gasteiger partial charge in [-0.15, -0.1) is 0 Å². The molecular formula is C49H52F3N7O9S. The summed E-state index contributed by atoms with van der Waals surface area (Å²) in [5.41, 5.74) is 3.54. The molecule has 3 fully saturated rings. The number of halogens is 3. The topological polar surface area (TPSA) is 210 Å². The van der Waals surface area contributed by atoms with Gasteiger partial charge < -0.3 is 45.3 Å². The van der Waals surface area contributed by atoms with Gasteiger partial charge in [0.1, 0.15) is 11.9 Å². The van der Waals surface area contributed by atoms with E-state index in [0.29, 0.717) is 45.4 Å². The summed E-state index contributed by atoms with van der Waals surface area (Å²) in [5, 5.41) is 22.4. The average Bonchev–Trinajstić information content (AvgIpc) is 4.05. The lowest BCUT2D eigenvalue weighted by Crippen LogP contribution is -2.49. The number of alkyl halides is 3. The number of hydrogen-bond acceptors (Lipinski definition) is 11. The first-order valence-corrected chi connectivity index (χ1v) is 23.4. The number of amides is 5. The minimum absolute atomic E-state index is 0.0237. The monoisotopic (exact) mass is 971 g/mol. The van der Waals surface area contributed by atoms with Crippen LogP contribution in [0.4, 0.5) is 18.0 Å². The zero-order valence-electron chi connectivity index (χ0n) is 37.8. The number of aliphatic hydroxyl groups excluding tert-OH is 1. The third-order valence-electron chi connectivity index (χ3n) is 12.0. The molecule has 3 saturated heterocycles. The number of thioether (sulfide) groups is 1. The van der Waals surface area contributed by atoms with Crippen LogP contribution in [0.3, 0.4) is 0 Å². The number of hydrogen-bond donors (Lipinski definition) is 5. The number of esters is 1. The fourth-order valence-electron chi connectivity index (χ4n) is 8.46. The Balaban J connectivity index is 0.916. The number of carbonyl (C=O) groups excluding carboxylic acids is 6. The Kier molecular flexibility index (Phi) is 16.3. The highest BCUT2D eigenvalue weighted by atomic mass is 32.2. The van der Waals surface area contributed by atoms with Gasteiger partial charge in [0, 0.05) is 65.9 Å². The lowest BCUT2D eigenvalue weighted by Gasteiger charge is -2.38. The van der Waals surface area contributed by atoms with Gasteiger partial charge in [-0.2, -0.15) is 24.9 Å². The summed E-state index contributed by atoms with van der Waals surface area (Å²) < 4.78 is 52.2. The Morgan fingerprint density at radius 2 is 1.68 bits per heavy atom. The van der Waals surface area contributed by atoms with Crippen molar-refractivity contribution in [2.75, 3.05) is 39.1 Å². The number of imidazole rings is 1. The van der Waals surface area contributed by atoms with Crippen molar-refractivity contribution in [2.24, 2.45) is 0 Å². The Hall–Kier alpha value is -6.93. The summed E-state index contributed by atoms with van der Waals surface area (Å²) in [5.74, 6) is -2.51. The van der Waals surface area contributed by atoms with E-state index < -0.39 is 43.4 Å². The molecule has 3 aromatic carbocycles. The second kappa shape index (κ2) is 22.5. The summed E-state index contributed by atoms with van der Waals surface area (Å²) in [6.07, 6.45) is 3.68. The first-order valence-electron chi connectivity index (χ1n) is 22.3. The molecule has 1 unspecified atom stereocenters. The molecule has 364 valence electrons. The third kappa shape index (κ3) is 12.8. The number of nitrogens with one attached hydrogen (secondary N) is 4. The number of fused-ring (bicyclic) bond motifs is 1. The van der Waals surface area contributed by atoms with Gasteiger partial charge in [-0.25, -0.2) is 14.6 Å². The molecule has 4 heterocycles. The van der Waals surface area contributed by atoms with Gasteiger partial charge in [-0.05, 0) is 60.7 Å². The summed E-state index contributed by atoms with van der Waals surface area (Å²) in [6, 6.07) is 16.8. The van der Waals surface area contributed by atoms with Gasteiger partial charge in [0.2, 0.25) is 11.8 Å². The minimum Gasteiger partial charge on any atom is -0.495 e. The Morgan fingerprint density at radius 1 is 0.971 bits per heavy atom. The van der Waals surface area contributed by atoms with Gasteiger partial charge in [-0.3, -0.25) is 19.2 Å². The van der Waals surface area contributed by atoms with Crippen LogP contribution < -0.4 is 26.0 Å². The molecule has 5 N–H and O–H groups in total. The molecule has 5 amide bonds. The molecule has 7 rings (SSSR count). The van der Waals surface area contributed by atoms with E-state index in [-0.39, 0.29) is 66.4 Å². The van der Waals surface area contributed by atoms with Crippen LogP contribution in [0, 0.1) is 6.92 Å². The molecular weight excluding hydrogens is 920 g/mol. The number of methoxy groups -OCH3 is 1. The number of likely N-dealkylation sites (tertiary alicyclic amines) is 1. The van der Waals surface area contributed by atoms with Crippen LogP contribution in [0.1, 0.15) is 76.5 Å². The summed E-state index contributed by atoms with van der Waals surface area (Å²) >= 11 is 1.84. The maximum absolute atomic E-state index is 14.1. The van der Waals surface area contributed by atoms with Crippen LogP contribution in [0.25, 0.3) is 17.8 Å². The zero-order valence-corrected chi connectivity index (χ0v) is 38.6. The van der Waals surface area contributed by atoms with Crippen LogP contribution in [-0.2, 0) is 23.9 Å². The first-order chi connectivity index (χ1) is 33.1. The van der Waals surface area contributed by atoms with Crippen LogP contribution in [0.15, 0.2) is 90.9 Å². The molecule has 4 aromatic rings. The summed E-state index contributed by atoms with van der Waals surface area (Å²) in [4.78, 5) is 81.2.